The first-order chi connectivity index (χ1) is 9.72. The van der Waals surface area contributed by atoms with Gasteiger partial charge >= 0.3 is 0 Å². The molecule has 4 nitrogen and oxygen atoms in total. The van der Waals surface area contributed by atoms with E-state index in [0.29, 0.717) is 36.3 Å². The van der Waals surface area contributed by atoms with Crippen molar-refractivity contribution >= 4 is 17.3 Å². The Labute approximate surface area is 121 Å². The number of hydrogen-bond acceptors (Lipinski definition) is 4. The van der Waals surface area contributed by atoms with E-state index in [1.807, 2.05) is 18.2 Å². The predicted molar refractivity (Wildman–Crippen MR) is 77.9 cm³/mol. The third-order valence-electron chi connectivity index (χ3n) is 3.05. The van der Waals surface area contributed by atoms with Crippen LogP contribution in [0.3, 0.4) is 0 Å². The Morgan fingerprint density at radius 2 is 1.70 bits per heavy atom. The molecule has 2 aromatic carbocycles. The van der Waals surface area contributed by atoms with Crippen LogP contribution in [-0.4, -0.2) is 18.3 Å². The smallest absolute Gasteiger partial charge is 0.163 e. The predicted octanol–water partition coefficient (Wildman–Crippen LogP) is 3.43. The molecule has 1 heterocycles. The molecule has 20 heavy (non-hydrogen) atoms. The Bertz CT molecular complexity index is 613. The molecule has 0 aromatic heterocycles. The molecule has 5 heteroatoms. The lowest BCUT2D eigenvalue weighted by Crippen LogP contribution is -2.15. The summed E-state index contributed by atoms with van der Waals surface area (Å²) in [5, 5.41) is 13.1. The fourth-order valence-corrected chi connectivity index (χ4v) is 2.23. The monoisotopic (exact) mass is 291 g/mol. The average Bonchev–Trinajstić information content (AvgIpc) is 2.47. The van der Waals surface area contributed by atoms with Gasteiger partial charge in [-0.05, 0) is 17.7 Å². The summed E-state index contributed by atoms with van der Waals surface area (Å²) in [6, 6.07) is 10.6. The van der Waals surface area contributed by atoms with E-state index in [-0.39, 0.29) is 5.75 Å². The quantitative estimate of drug-likeness (QED) is 0.910. The van der Waals surface area contributed by atoms with E-state index >= 15 is 0 Å². The van der Waals surface area contributed by atoms with Crippen LogP contribution >= 0.6 is 11.6 Å². The number of phenols is 1. The van der Waals surface area contributed by atoms with Crippen molar-refractivity contribution in [3.8, 4) is 17.2 Å². The van der Waals surface area contributed by atoms with Crippen LogP contribution in [0.5, 0.6) is 17.2 Å². The number of nitrogens with one attached hydrogen (secondary N) is 1. The van der Waals surface area contributed by atoms with Gasteiger partial charge in [0, 0.05) is 18.7 Å². The van der Waals surface area contributed by atoms with Crippen molar-refractivity contribution in [3.63, 3.8) is 0 Å². The number of anilines is 1. The van der Waals surface area contributed by atoms with Crippen molar-refractivity contribution in [1.29, 1.82) is 0 Å². The van der Waals surface area contributed by atoms with Crippen molar-refractivity contribution in [2.75, 3.05) is 18.5 Å². The SMILES string of the molecule is Oc1ccc(CNc2cc3c(cc2Cl)OCCO3)cc1. The summed E-state index contributed by atoms with van der Waals surface area (Å²) >= 11 is 6.21. The van der Waals surface area contributed by atoms with Crippen LogP contribution in [-0.2, 0) is 6.54 Å². The number of fused-ring (bicyclic) bond motifs is 1. The molecule has 1 aliphatic rings. The Morgan fingerprint density at radius 1 is 1.05 bits per heavy atom. The summed E-state index contributed by atoms with van der Waals surface area (Å²) in [6.45, 7) is 1.70. The summed E-state index contributed by atoms with van der Waals surface area (Å²) < 4.78 is 11.0. The molecule has 0 fully saturated rings. The minimum atomic E-state index is 0.256. The number of hydrogen-bond donors (Lipinski definition) is 2. The third-order valence-corrected chi connectivity index (χ3v) is 3.36. The second-order valence-electron chi connectivity index (χ2n) is 4.50. The first-order valence-corrected chi connectivity index (χ1v) is 6.71. The summed E-state index contributed by atoms with van der Waals surface area (Å²) in [5.41, 5.74) is 1.85. The Hall–Kier alpha value is -2.07. The van der Waals surface area contributed by atoms with Gasteiger partial charge in [0.1, 0.15) is 19.0 Å². The van der Waals surface area contributed by atoms with E-state index < -0.39 is 0 Å². The van der Waals surface area contributed by atoms with Gasteiger partial charge in [0.15, 0.2) is 11.5 Å². The van der Waals surface area contributed by atoms with E-state index in [1.54, 1.807) is 18.2 Å². The molecule has 0 saturated carbocycles. The number of benzene rings is 2. The second kappa shape index (κ2) is 5.51. The number of phenolic OH excluding ortho intramolecular Hbond substituents is 1. The lowest BCUT2D eigenvalue weighted by Gasteiger charge is -2.20. The first kappa shape index (κ1) is 12.9. The van der Waals surface area contributed by atoms with E-state index in [9.17, 15) is 5.11 Å². The normalized spacial score (nSPS) is 13.1. The van der Waals surface area contributed by atoms with Crippen LogP contribution in [0.4, 0.5) is 5.69 Å². The summed E-state index contributed by atoms with van der Waals surface area (Å²) in [7, 11) is 0. The number of aromatic hydroxyl groups is 1. The van der Waals surface area contributed by atoms with Gasteiger partial charge in [0.2, 0.25) is 0 Å². The zero-order valence-electron chi connectivity index (χ0n) is 10.7. The summed E-state index contributed by atoms with van der Waals surface area (Å²) in [6.07, 6.45) is 0. The van der Waals surface area contributed by atoms with Crippen LogP contribution < -0.4 is 14.8 Å². The van der Waals surface area contributed by atoms with Crippen molar-refractivity contribution in [2.45, 2.75) is 6.54 Å². The molecule has 2 aromatic rings. The highest BCUT2D eigenvalue weighted by Gasteiger charge is 2.14. The fourth-order valence-electron chi connectivity index (χ4n) is 2.01. The molecule has 0 aliphatic carbocycles. The molecule has 0 atom stereocenters. The molecule has 0 radical (unpaired) electrons. The van der Waals surface area contributed by atoms with Gasteiger partial charge in [-0.1, -0.05) is 23.7 Å². The maximum absolute atomic E-state index is 9.25. The highest BCUT2D eigenvalue weighted by atomic mass is 35.5. The topological polar surface area (TPSA) is 50.7 Å². The van der Waals surface area contributed by atoms with Crippen LogP contribution in [0.1, 0.15) is 5.56 Å². The third kappa shape index (κ3) is 2.75. The molecular weight excluding hydrogens is 278 g/mol. The molecule has 0 bridgehead atoms. The standard InChI is InChI=1S/C15H14ClNO3/c16-12-7-14-15(20-6-5-19-14)8-13(12)17-9-10-1-3-11(18)4-2-10/h1-4,7-8,17-18H,5-6,9H2. The van der Waals surface area contributed by atoms with E-state index in [2.05, 4.69) is 5.32 Å². The molecule has 3 rings (SSSR count). The lowest BCUT2D eigenvalue weighted by molar-refractivity contribution is 0.171. The van der Waals surface area contributed by atoms with Gasteiger partial charge < -0.3 is 19.9 Å². The summed E-state index contributed by atoms with van der Waals surface area (Å²) in [5.74, 6) is 1.64. The maximum Gasteiger partial charge on any atom is 0.163 e. The average molecular weight is 292 g/mol. The molecular formula is C15H14ClNO3. The van der Waals surface area contributed by atoms with Crippen LogP contribution in [0.25, 0.3) is 0 Å². The number of halogens is 1. The van der Waals surface area contributed by atoms with Crippen molar-refractivity contribution in [1.82, 2.24) is 0 Å². The van der Waals surface area contributed by atoms with Gasteiger partial charge in [-0.25, -0.2) is 0 Å². The molecule has 2 N–H and O–H groups in total. The molecule has 0 amide bonds. The van der Waals surface area contributed by atoms with Crippen LogP contribution in [0.2, 0.25) is 5.02 Å². The highest BCUT2D eigenvalue weighted by molar-refractivity contribution is 6.33. The van der Waals surface area contributed by atoms with E-state index in [1.165, 1.54) is 0 Å². The van der Waals surface area contributed by atoms with Crippen molar-refractivity contribution in [2.24, 2.45) is 0 Å². The molecule has 0 saturated heterocycles. The largest absolute Gasteiger partial charge is 0.508 e. The number of rotatable bonds is 3. The zero-order chi connectivity index (χ0) is 13.9. The van der Waals surface area contributed by atoms with Crippen LogP contribution in [0.15, 0.2) is 36.4 Å². The Balaban J connectivity index is 1.75. The highest BCUT2D eigenvalue weighted by Crippen LogP contribution is 2.38. The molecule has 0 unspecified atom stereocenters. The zero-order valence-corrected chi connectivity index (χ0v) is 11.5. The van der Waals surface area contributed by atoms with Gasteiger partial charge in [-0.3, -0.25) is 0 Å². The maximum atomic E-state index is 9.25. The van der Waals surface area contributed by atoms with E-state index in [4.69, 9.17) is 21.1 Å². The van der Waals surface area contributed by atoms with Gasteiger partial charge in [0.05, 0.1) is 10.7 Å². The molecule has 1 aliphatic heterocycles. The lowest BCUT2D eigenvalue weighted by atomic mass is 10.2. The first-order valence-electron chi connectivity index (χ1n) is 6.33. The fraction of sp³-hybridized carbons (Fsp3) is 0.200. The molecule has 104 valence electrons. The van der Waals surface area contributed by atoms with Crippen molar-refractivity contribution < 1.29 is 14.6 Å². The van der Waals surface area contributed by atoms with Crippen LogP contribution in [0, 0.1) is 0 Å². The van der Waals surface area contributed by atoms with Gasteiger partial charge in [-0.15, -0.1) is 0 Å². The van der Waals surface area contributed by atoms with E-state index in [0.717, 1.165) is 11.3 Å². The minimum Gasteiger partial charge on any atom is -0.508 e. The minimum absolute atomic E-state index is 0.256. The van der Waals surface area contributed by atoms with Gasteiger partial charge in [0.25, 0.3) is 0 Å². The molecule has 0 spiro atoms. The Kier molecular flexibility index (Phi) is 3.56. The Morgan fingerprint density at radius 3 is 2.40 bits per heavy atom. The summed E-state index contributed by atoms with van der Waals surface area (Å²) in [4.78, 5) is 0. The van der Waals surface area contributed by atoms with Gasteiger partial charge in [-0.2, -0.15) is 0 Å². The second-order valence-corrected chi connectivity index (χ2v) is 4.90. The van der Waals surface area contributed by atoms with Crippen molar-refractivity contribution in [3.05, 3.63) is 47.0 Å². The number of ether oxygens (including phenoxy) is 2.